The van der Waals surface area contributed by atoms with Crippen LogP contribution in [0, 0.1) is 5.82 Å². The summed E-state index contributed by atoms with van der Waals surface area (Å²) in [5.74, 6) is -0.176. The highest BCUT2D eigenvalue weighted by Crippen LogP contribution is 2.21. The van der Waals surface area contributed by atoms with Crippen LogP contribution in [0.4, 0.5) is 4.39 Å². The molecule has 0 atom stereocenters. The maximum absolute atomic E-state index is 13.9. The first kappa shape index (κ1) is 12.8. The second-order valence-corrected chi connectivity index (χ2v) is 4.74. The summed E-state index contributed by atoms with van der Waals surface area (Å²) < 4.78 is 15.6. The molecule has 96 valence electrons. The van der Waals surface area contributed by atoms with Crippen LogP contribution in [0.15, 0.2) is 30.6 Å². The first-order valence-corrected chi connectivity index (χ1v) is 6.07. The van der Waals surface area contributed by atoms with E-state index < -0.39 is 0 Å². The van der Waals surface area contributed by atoms with Crippen molar-refractivity contribution in [2.45, 2.75) is 26.4 Å². The summed E-state index contributed by atoms with van der Waals surface area (Å²) in [5, 5.41) is 7.30. The number of aryl methyl sites for hydroxylation is 1. The van der Waals surface area contributed by atoms with Gasteiger partial charge in [0.2, 0.25) is 0 Å². The number of rotatable bonds is 4. The minimum Gasteiger partial charge on any atom is -0.310 e. The van der Waals surface area contributed by atoms with Crippen molar-refractivity contribution in [1.82, 2.24) is 15.1 Å². The zero-order valence-corrected chi connectivity index (χ0v) is 10.9. The molecule has 1 aromatic heterocycles. The molecule has 0 saturated carbocycles. The number of hydrogen-bond acceptors (Lipinski definition) is 2. The minimum atomic E-state index is -0.176. The van der Waals surface area contributed by atoms with Crippen LogP contribution in [0.5, 0.6) is 0 Å². The fourth-order valence-corrected chi connectivity index (χ4v) is 1.75. The average molecular weight is 247 g/mol. The van der Waals surface area contributed by atoms with Crippen molar-refractivity contribution < 1.29 is 4.39 Å². The standard InChI is InChI=1S/C14H18FN3/c1-10(2)16-7-12-5-4-11(6-14(12)15)13-8-17-18(3)9-13/h4-6,8-10,16H,7H2,1-3H3. The highest BCUT2D eigenvalue weighted by molar-refractivity contribution is 5.62. The highest BCUT2D eigenvalue weighted by Gasteiger charge is 2.06. The number of aromatic nitrogens is 2. The van der Waals surface area contributed by atoms with Gasteiger partial charge in [0.25, 0.3) is 0 Å². The van der Waals surface area contributed by atoms with Crippen LogP contribution in [0.25, 0.3) is 11.1 Å². The summed E-state index contributed by atoms with van der Waals surface area (Å²) in [6.45, 7) is 4.64. The monoisotopic (exact) mass is 247 g/mol. The highest BCUT2D eigenvalue weighted by atomic mass is 19.1. The van der Waals surface area contributed by atoms with E-state index >= 15 is 0 Å². The van der Waals surface area contributed by atoms with Gasteiger partial charge in [0.1, 0.15) is 5.82 Å². The van der Waals surface area contributed by atoms with Gasteiger partial charge in [0.15, 0.2) is 0 Å². The summed E-state index contributed by atoms with van der Waals surface area (Å²) in [5.41, 5.74) is 2.48. The Morgan fingerprint density at radius 1 is 1.33 bits per heavy atom. The number of hydrogen-bond donors (Lipinski definition) is 1. The molecule has 3 nitrogen and oxygen atoms in total. The third-order valence-corrected chi connectivity index (χ3v) is 2.79. The predicted molar refractivity (Wildman–Crippen MR) is 70.6 cm³/mol. The van der Waals surface area contributed by atoms with Gasteiger partial charge < -0.3 is 5.32 Å². The van der Waals surface area contributed by atoms with E-state index in [0.717, 1.165) is 11.1 Å². The molecule has 18 heavy (non-hydrogen) atoms. The molecule has 0 unspecified atom stereocenters. The average Bonchev–Trinajstić information content (AvgIpc) is 2.74. The number of nitrogens with zero attached hydrogens (tertiary/aromatic N) is 2. The topological polar surface area (TPSA) is 29.9 Å². The van der Waals surface area contributed by atoms with Crippen LogP contribution < -0.4 is 5.32 Å². The van der Waals surface area contributed by atoms with Gasteiger partial charge in [-0.15, -0.1) is 0 Å². The first-order valence-electron chi connectivity index (χ1n) is 6.07. The quantitative estimate of drug-likeness (QED) is 0.900. The molecule has 0 bridgehead atoms. The lowest BCUT2D eigenvalue weighted by atomic mass is 10.1. The third kappa shape index (κ3) is 2.96. The van der Waals surface area contributed by atoms with E-state index in [1.54, 1.807) is 16.9 Å². The van der Waals surface area contributed by atoms with Crippen LogP contribution in [0.1, 0.15) is 19.4 Å². The summed E-state index contributed by atoms with van der Waals surface area (Å²) in [6.07, 6.45) is 3.61. The van der Waals surface area contributed by atoms with Gasteiger partial charge in [-0.1, -0.05) is 26.0 Å². The molecule has 4 heteroatoms. The normalized spacial score (nSPS) is 11.2. The Kier molecular flexibility index (Phi) is 3.77. The number of nitrogens with one attached hydrogen (secondary N) is 1. The zero-order valence-electron chi connectivity index (χ0n) is 10.9. The number of benzene rings is 1. The van der Waals surface area contributed by atoms with Crippen LogP contribution >= 0.6 is 0 Å². The molecule has 0 aliphatic carbocycles. The van der Waals surface area contributed by atoms with Crippen molar-refractivity contribution in [3.8, 4) is 11.1 Å². The van der Waals surface area contributed by atoms with E-state index in [1.165, 1.54) is 0 Å². The Labute approximate surface area is 107 Å². The summed E-state index contributed by atoms with van der Waals surface area (Å²) in [4.78, 5) is 0. The molecule has 0 spiro atoms. The lowest BCUT2D eigenvalue weighted by molar-refractivity contribution is 0.553. The molecule has 2 aromatic rings. The van der Waals surface area contributed by atoms with Gasteiger partial charge in [-0.2, -0.15) is 5.10 Å². The predicted octanol–water partition coefficient (Wildman–Crippen LogP) is 2.72. The molecule has 1 heterocycles. The Balaban J connectivity index is 2.19. The van der Waals surface area contributed by atoms with Crippen LogP contribution in [-0.4, -0.2) is 15.8 Å². The van der Waals surface area contributed by atoms with Gasteiger partial charge in [-0.25, -0.2) is 4.39 Å². The van der Waals surface area contributed by atoms with E-state index in [1.807, 2.05) is 39.2 Å². The molecule has 0 fully saturated rings. The van der Waals surface area contributed by atoms with E-state index in [-0.39, 0.29) is 5.82 Å². The molecule has 1 N–H and O–H groups in total. The Hall–Kier alpha value is -1.68. The third-order valence-electron chi connectivity index (χ3n) is 2.79. The summed E-state index contributed by atoms with van der Waals surface area (Å²) in [7, 11) is 1.85. The minimum absolute atomic E-state index is 0.176. The zero-order chi connectivity index (χ0) is 13.1. The molecular weight excluding hydrogens is 229 g/mol. The van der Waals surface area contributed by atoms with E-state index in [2.05, 4.69) is 10.4 Å². The molecule has 0 amide bonds. The lowest BCUT2D eigenvalue weighted by Gasteiger charge is -2.09. The molecule has 1 aromatic carbocycles. The van der Waals surface area contributed by atoms with Gasteiger partial charge in [-0.05, 0) is 11.6 Å². The summed E-state index contributed by atoms with van der Waals surface area (Å²) in [6, 6.07) is 5.67. The van der Waals surface area contributed by atoms with Crippen molar-refractivity contribution >= 4 is 0 Å². The second-order valence-electron chi connectivity index (χ2n) is 4.74. The van der Waals surface area contributed by atoms with Crippen LogP contribution in [-0.2, 0) is 13.6 Å². The van der Waals surface area contributed by atoms with E-state index in [4.69, 9.17) is 0 Å². The second kappa shape index (κ2) is 5.31. The lowest BCUT2D eigenvalue weighted by Crippen LogP contribution is -2.22. The van der Waals surface area contributed by atoms with Crippen molar-refractivity contribution in [1.29, 1.82) is 0 Å². The fraction of sp³-hybridized carbons (Fsp3) is 0.357. The van der Waals surface area contributed by atoms with Crippen LogP contribution in [0.2, 0.25) is 0 Å². The Bertz CT molecular complexity index is 532. The van der Waals surface area contributed by atoms with Gasteiger partial charge in [0, 0.05) is 37.0 Å². The molecule has 0 radical (unpaired) electrons. The van der Waals surface area contributed by atoms with Gasteiger partial charge >= 0.3 is 0 Å². The van der Waals surface area contributed by atoms with Gasteiger partial charge in [0.05, 0.1) is 6.20 Å². The fourth-order valence-electron chi connectivity index (χ4n) is 1.75. The Morgan fingerprint density at radius 2 is 2.11 bits per heavy atom. The largest absolute Gasteiger partial charge is 0.310 e. The van der Waals surface area contributed by atoms with Crippen molar-refractivity contribution in [2.24, 2.45) is 7.05 Å². The van der Waals surface area contributed by atoms with Crippen LogP contribution in [0.3, 0.4) is 0 Å². The molecule has 0 saturated heterocycles. The molecular formula is C14H18FN3. The first-order chi connectivity index (χ1) is 8.56. The maximum Gasteiger partial charge on any atom is 0.128 e. The van der Waals surface area contributed by atoms with Crippen molar-refractivity contribution in [3.63, 3.8) is 0 Å². The van der Waals surface area contributed by atoms with Crippen molar-refractivity contribution in [2.75, 3.05) is 0 Å². The van der Waals surface area contributed by atoms with E-state index in [0.29, 0.717) is 18.2 Å². The SMILES string of the molecule is CC(C)NCc1ccc(-c2cnn(C)c2)cc1F. The number of halogens is 1. The maximum atomic E-state index is 13.9. The van der Waals surface area contributed by atoms with Crippen molar-refractivity contribution in [3.05, 3.63) is 42.0 Å². The molecule has 0 aliphatic heterocycles. The summed E-state index contributed by atoms with van der Waals surface area (Å²) >= 11 is 0. The Morgan fingerprint density at radius 3 is 2.67 bits per heavy atom. The molecule has 2 rings (SSSR count). The van der Waals surface area contributed by atoms with E-state index in [9.17, 15) is 4.39 Å². The smallest absolute Gasteiger partial charge is 0.128 e. The molecule has 0 aliphatic rings. The van der Waals surface area contributed by atoms with Gasteiger partial charge in [-0.3, -0.25) is 4.68 Å².